The molecule has 3 N–H and O–H groups in total. The first-order valence-electron chi connectivity index (χ1n) is 7.10. The maximum absolute atomic E-state index is 12.0. The van der Waals surface area contributed by atoms with Gasteiger partial charge in [0, 0.05) is 5.92 Å². The maximum Gasteiger partial charge on any atom is 0.322 e. The number of aromatic amines is 1. The van der Waals surface area contributed by atoms with Crippen LogP contribution in [0.5, 0.6) is 0 Å². The Labute approximate surface area is 119 Å². The highest BCUT2D eigenvalue weighted by atomic mass is 16.4. The van der Waals surface area contributed by atoms with E-state index in [2.05, 4.69) is 36.0 Å². The number of hydrogen-bond acceptors (Lipinski definition) is 7. The normalized spacial score (nSPS) is 21.6. The average molecular weight is 289 g/mol. The third-order valence-electron chi connectivity index (χ3n) is 3.69. The minimum Gasteiger partial charge on any atom is -0.406 e. The van der Waals surface area contributed by atoms with Gasteiger partial charge in [-0.15, -0.1) is 10.2 Å². The van der Waals surface area contributed by atoms with E-state index in [-0.39, 0.29) is 17.9 Å². The summed E-state index contributed by atoms with van der Waals surface area (Å²) in [4.78, 5) is 16.2. The number of carbonyl (C=O) groups is 1. The van der Waals surface area contributed by atoms with Crippen LogP contribution >= 0.6 is 0 Å². The lowest BCUT2D eigenvalue weighted by atomic mass is 10.2. The lowest BCUT2D eigenvalue weighted by Crippen LogP contribution is -2.14. The van der Waals surface area contributed by atoms with E-state index in [1.54, 1.807) is 0 Å². The highest BCUT2D eigenvalue weighted by molar-refractivity contribution is 6.00. The zero-order valence-electron chi connectivity index (χ0n) is 11.3. The summed E-state index contributed by atoms with van der Waals surface area (Å²) in [7, 11) is 0. The van der Waals surface area contributed by atoms with E-state index < -0.39 is 5.91 Å². The fraction of sp³-hybridized carbons (Fsp3) is 0.583. The van der Waals surface area contributed by atoms with Crippen molar-refractivity contribution in [3.05, 3.63) is 17.5 Å². The van der Waals surface area contributed by atoms with Crippen LogP contribution in [0.4, 0.5) is 6.01 Å². The van der Waals surface area contributed by atoms with E-state index in [1.807, 2.05) is 0 Å². The number of aromatic nitrogens is 5. The summed E-state index contributed by atoms with van der Waals surface area (Å²) in [5.41, 5.74) is 0. The third-order valence-corrected chi connectivity index (χ3v) is 3.69. The van der Waals surface area contributed by atoms with Gasteiger partial charge < -0.3 is 9.73 Å². The smallest absolute Gasteiger partial charge is 0.322 e. The molecule has 1 saturated heterocycles. The molecular formula is C12H15N7O2. The van der Waals surface area contributed by atoms with Crippen LogP contribution < -0.4 is 10.6 Å². The number of rotatable bonds is 4. The fourth-order valence-corrected chi connectivity index (χ4v) is 2.39. The van der Waals surface area contributed by atoms with Gasteiger partial charge in [0.25, 0.3) is 5.91 Å². The molecule has 3 heterocycles. The molecule has 1 aliphatic carbocycles. The first-order valence-corrected chi connectivity index (χ1v) is 7.10. The number of hydrogen-bond donors (Lipinski definition) is 3. The third kappa shape index (κ3) is 2.51. The molecule has 4 rings (SSSR count). The monoisotopic (exact) mass is 289 g/mol. The summed E-state index contributed by atoms with van der Waals surface area (Å²) in [5.74, 6) is 1.32. The van der Waals surface area contributed by atoms with Gasteiger partial charge in [-0.05, 0) is 32.2 Å². The van der Waals surface area contributed by atoms with Gasteiger partial charge in [0.1, 0.15) is 5.82 Å². The first kappa shape index (κ1) is 12.5. The van der Waals surface area contributed by atoms with Crippen molar-refractivity contribution in [2.75, 3.05) is 11.9 Å². The highest BCUT2D eigenvalue weighted by Gasteiger charge is 2.28. The van der Waals surface area contributed by atoms with Crippen molar-refractivity contribution in [3.8, 4) is 0 Å². The van der Waals surface area contributed by atoms with Crippen LogP contribution in [-0.2, 0) is 0 Å². The molecule has 0 bridgehead atoms. The zero-order valence-corrected chi connectivity index (χ0v) is 11.3. The van der Waals surface area contributed by atoms with Crippen LogP contribution in [0.3, 0.4) is 0 Å². The van der Waals surface area contributed by atoms with Gasteiger partial charge in [-0.2, -0.15) is 0 Å². The summed E-state index contributed by atoms with van der Waals surface area (Å²) in [6.07, 6.45) is 4.23. The molecule has 21 heavy (non-hydrogen) atoms. The number of nitrogens with zero attached hydrogens (tertiary/aromatic N) is 4. The molecular weight excluding hydrogens is 274 g/mol. The second-order valence-electron chi connectivity index (χ2n) is 5.37. The summed E-state index contributed by atoms with van der Waals surface area (Å²) in [6.45, 7) is 0.940. The van der Waals surface area contributed by atoms with Crippen LogP contribution in [0.25, 0.3) is 0 Å². The van der Waals surface area contributed by atoms with Crippen LogP contribution in [0.15, 0.2) is 4.42 Å². The predicted octanol–water partition coefficient (Wildman–Crippen LogP) is 0.742. The summed E-state index contributed by atoms with van der Waals surface area (Å²) >= 11 is 0. The molecule has 9 nitrogen and oxygen atoms in total. The number of anilines is 1. The van der Waals surface area contributed by atoms with E-state index in [4.69, 9.17) is 4.42 Å². The number of carbonyl (C=O) groups excluding carboxylic acids is 1. The van der Waals surface area contributed by atoms with Gasteiger partial charge in [-0.3, -0.25) is 15.2 Å². The molecule has 0 radical (unpaired) electrons. The molecule has 1 atom stereocenters. The van der Waals surface area contributed by atoms with Crippen molar-refractivity contribution in [1.82, 2.24) is 30.7 Å². The molecule has 1 saturated carbocycles. The Kier molecular flexibility index (Phi) is 2.92. The number of amides is 1. The van der Waals surface area contributed by atoms with Crippen LogP contribution in [0, 0.1) is 0 Å². The van der Waals surface area contributed by atoms with E-state index in [0.29, 0.717) is 11.8 Å². The largest absolute Gasteiger partial charge is 0.406 e. The van der Waals surface area contributed by atoms with Gasteiger partial charge in [-0.1, -0.05) is 5.10 Å². The molecule has 2 aliphatic rings. The molecule has 110 valence electrons. The molecule has 2 aromatic rings. The van der Waals surface area contributed by atoms with Crippen LogP contribution in [0.1, 0.15) is 60.0 Å². The SMILES string of the molecule is O=C(Nc1nnc(C2CCCN2)o1)c1n[nH]c(C2CC2)n1. The van der Waals surface area contributed by atoms with Crippen LogP contribution in [0.2, 0.25) is 0 Å². The average Bonchev–Trinajstić information content (AvgIpc) is 2.95. The topological polar surface area (TPSA) is 122 Å². The van der Waals surface area contributed by atoms with E-state index in [0.717, 1.165) is 38.1 Å². The Morgan fingerprint density at radius 3 is 2.95 bits per heavy atom. The minimum atomic E-state index is -0.451. The highest BCUT2D eigenvalue weighted by Crippen LogP contribution is 2.37. The fourth-order valence-electron chi connectivity index (χ4n) is 2.39. The Balaban J connectivity index is 1.43. The van der Waals surface area contributed by atoms with Crippen LogP contribution in [-0.4, -0.2) is 37.8 Å². The number of nitrogens with one attached hydrogen (secondary N) is 3. The molecule has 9 heteroatoms. The van der Waals surface area contributed by atoms with Crippen molar-refractivity contribution in [3.63, 3.8) is 0 Å². The van der Waals surface area contributed by atoms with Crippen molar-refractivity contribution < 1.29 is 9.21 Å². The summed E-state index contributed by atoms with van der Waals surface area (Å²) in [5, 5.41) is 20.2. The lowest BCUT2D eigenvalue weighted by molar-refractivity contribution is 0.101. The first-order chi connectivity index (χ1) is 10.3. The lowest BCUT2D eigenvalue weighted by Gasteiger charge is -2.02. The molecule has 2 fully saturated rings. The molecule has 0 aromatic carbocycles. The van der Waals surface area contributed by atoms with Gasteiger partial charge in [-0.25, -0.2) is 4.98 Å². The number of H-pyrrole nitrogens is 1. The second kappa shape index (κ2) is 4.92. The second-order valence-corrected chi connectivity index (χ2v) is 5.37. The van der Waals surface area contributed by atoms with Crippen molar-refractivity contribution in [2.45, 2.75) is 37.6 Å². The van der Waals surface area contributed by atoms with Crippen molar-refractivity contribution in [2.24, 2.45) is 0 Å². The Morgan fingerprint density at radius 2 is 2.19 bits per heavy atom. The van der Waals surface area contributed by atoms with Gasteiger partial charge >= 0.3 is 6.01 Å². The predicted molar refractivity (Wildman–Crippen MR) is 70.6 cm³/mol. The van der Waals surface area contributed by atoms with Crippen molar-refractivity contribution >= 4 is 11.9 Å². The molecule has 1 unspecified atom stereocenters. The minimum absolute atomic E-state index is 0.0708. The van der Waals surface area contributed by atoms with E-state index in [9.17, 15) is 4.79 Å². The van der Waals surface area contributed by atoms with Gasteiger partial charge in [0.2, 0.25) is 11.7 Å². The summed E-state index contributed by atoms with van der Waals surface area (Å²) < 4.78 is 5.44. The molecule has 2 aromatic heterocycles. The van der Waals surface area contributed by atoms with E-state index in [1.165, 1.54) is 0 Å². The Hall–Kier alpha value is -2.29. The Bertz CT molecular complexity index is 654. The van der Waals surface area contributed by atoms with Gasteiger partial charge in [0.15, 0.2) is 0 Å². The molecule has 1 amide bonds. The quantitative estimate of drug-likeness (QED) is 0.758. The standard InChI is InChI=1S/C12H15N7O2/c20-10(9-14-8(16-17-9)6-3-4-6)15-12-19-18-11(21-12)7-2-1-5-13-7/h6-7,13H,1-5H2,(H,14,16,17)(H,15,19,20). The maximum atomic E-state index is 12.0. The Morgan fingerprint density at radius 1 is 1.29 bits per heavy atom. The zero-order chi connectivity index (χ0) is 14.2. The summed E-state index contributed by atoms with van der Waals surface area (Å²) in [6, 6.07) is 0.148. The van der Waals surface area contributed by atoms with Crippen molar-refractivity contribution in [1.29, 1.82) is 0 Å². The van der Waals surface area contributed by atoms with Gasteiger partial charge in [0.05, 0.1) is 6.04 Å². The van der Waals surface area contributed by atoms with E-state index >= 15 is 0 Å². The molecule has 0 spiro atoms. The molecule has 1 aliphatic heterocycles.